The van der Waals surface area contributed by atoms with Crippen LogP contribution in [0.5, 0.6) is 0 Å². The fraction of sp³-hybridized carbons (Fsp3) is 0.158. The molecule has 0 aromatic heterocycles. The third-order valence-electron chi connectivity index (χ3n) is 3.22. The number of carbonyl (C=O) groups is 2. The average Bonchev–Trinajstić information content (AvgIpc) is 2.54. The molecule has 0 atom stereocenters. The second-order valence-electron chi connectivity index (χ2n) is 5.60. The number of rotatable bonds is 5. The summed E-state index contributed by atoms with van der Waals surface area (Å²) in [5, 5.41) is 6.21. The second kappa shape index (κ2) is 8.31. The Bertz CT molecular complexity index is 752. The standard InChI is InChI=1S/C19H19ClN2O2/c1-13(2)19(24)22-17-5-3-4-16(12-17)21-18(23)11-8-14-6-9-15(20)10-7-14/h3-13H,1-2H3,(H,21,23)(H,22,24)/b11-8+. The van der Waals surface area contributed by atoms with Crippen LogP contribution in [-0.4, -0.2) is 11.8 Å². The lowest BCUT2D eigenvalue weighted by Gasteiger charge is -2.09. The molecule has 2 N–H and O–H groups in total. The van der Waals surface area contributed by atoms with Gasteiger partial charge in [0.2, 0.25) is 11.8 Å². The van der Waals surface area contributed by atoms with Crippen LogP contribution in [0.15, 0.2) is 54.6 Å². The topological polar surface area (TPSA) is 58.2 Å². The summed E-state index contributed by atoms with van der Waals surface area (Å²) in [4.78, 5) is 23.7. The molecule has 0 fully saturated rings. The van der Waals surface area contributed by atoms with Gasteiger partial charge in [0, 0.05) is 28.4 Å². The van der Waals surface area contributed by atoms with Gasteiger partial charge in [0.1, 0.15) is 0 Å². The lowest BCUT2D eigenvalue weighted by molar-refractivity contribution is -0.119. The van der Waals surface area contributed by atoms with E-state index in [1.165, 1.54) is 6.08 Å². The zero-order valence-electron chi connectivity index (χ0n) is 13.5. The van der Waals surface area contributed by atoms with Crippen molar-refractivity contribution in [2.75, 3.05) is 10.6 Å². The van der Waals surface area contributed by atoms with Crippen LogP contribution in [0.3, 0.4) is 0 Å². The van der Waals surface area contributed by atoms with E-state index in [1.807, 2.05) is 26.0 Å². The van der Waals surface area contributed by atoms with Gasteiger partial charge in [-0.2, -0.15) is 0 Å². The molecule has 2 aromatic carbocycles. The average molecular weight is 343 g/mol. The molecule has 0 aliphatic rings. The molecule has 0 saturated heterocycles. The summed E-state index contributed by atoms with van der Waals surface area (Å²) in [5.41, 5.74) is 2.14. The minimum atomic E-state index is -0.253. The van der Waals surface area contributed by atoms with Gasteiger partial charge in [-0.05, 0) is 42.0 Å². The van der Waals surface area contributed by atoms with Crippen LogP contribution in [0, 0.1) is 5.92 Å². The number of amides is 2. The molecule has 0 bridgehead atoms. The summed E-state index contributed by atoms with van der Waals surface area (Å²) in [7, 11) is 0. The zero-order chi connectivity index (χ0) is 17.5. The summed E-state index contributed by atoms with van der Waals surface area (Å²) in [5.74, 6) is -0.427. The number of benzene rings is 2. The Morgan fingerprint density at radius 3 is 2.25 bits per heavy atom. The van der Waals surface area contributed by atoms with Crippen molar-refractivity contribution in [3.8, 4) is 0 Å². The molecule has 124 valence electrons. The highest BCUT2D eigenvalue weighted by Gasteiger charge is 2.07. The molecule has 24 heavy (non-hydrogen) atoms. The SMILES string of the molecule is CC(C)C(=O)Nc1cccc(NC(=O)/C=C/c2ccc(Cl)cc2)c1. The van der Waals surface area contributed by atoms with Gasteiger partial charge < -0.3 is 10.6 Å². The second-order valence-corrected chi connectivity index (χ2v) is 6.04. The van der Waals surface area contributed by atoms with E-state index in [-0.39, 0.29) is 17.7 Å². The van der Waals surface area contributed by atoms with Crippen molar-refractivity contribution in [1.82, 2.24) is 0 Å². The van der Waals surface area contributed by atoms with Gasteiger partial charge in [-0.15, -0.1) is 0 Å². The number of carbonyl (C=O) groups excluding carboxylic acids is 2. The van der Waals surface area contributed by atoms with Crippen LogP contribution in [0.25, 0.3) is 6.08 Å². The third-order valence-corrected chi connectivity index (χ3v) is 3.47. The molecular formula is C19H19ClN2O2. The largest absolute Gasteiger partial charge is 0.326 e. The van der Waals surface area contributed by atoms with Crippen molar-refractivity contribution in [3.05, 3.63) is 65.2 Å². The zero-order valence-corrected chi connectivity index (χ0v) is 14.3. The van der Waals surface area contributed by atoms with Crippen LogP contribution >= 0.6 is 11.6 Å². The van der Waals surface area contributed by atoms with Crippen LogP contribution in [0.4, 0.5) is 11.4 Å². The molecule has 2 rings (SSSR count). The van der Waals surface area contributed by atoms with Crippen LogP contribution in [0.2, 0.25) is 5.02 Å². The molecule has 0 aliphatic heterocycles. The van der Waals surface area contributed by atoms with Gasteiger partial charge in [-0.3, -0.25) is 9.59 Å². The molecule has 0 spiro atoms. The summed E-state index contributed by atoms with van der Waals surface area (Å²) in [6.07, 6.45) is 3.15. The molecule has 0 unspecified atom stereocenters. The minimum absolute atomic E-state index is 0.0684. The molecule has 0 aliphatic carbocycles. The Hall–Kier alpha value is -2.59. The number of anilines is 2. The molecule has 0 radical (unpaired) electrons. The summed E-state index contributed by atoms with van der Waals surface area (Å²) in [6.45, 7) is 3.64. The predicted molar refractivity (Wildman–Crippen MR) is 99.0 cm³/mol. The minimum Gasteiger partial charge on any atom is -0.326 e. The van der Waals surface area contributed by atoms with Crippen LogP contribution in [-0.2, 0) is 9.59 Å². The molecule has 0 saturated carbocycles. The predicted octanol–water partition coefficient (Wildman–Crippen LogP) is 4.59. The highest BCUT2D eigenvalue weighted by molar-refractivity contribution is 6.30. The summed E-state index contributed by atoms with van der Waals surface area (Å²) in [6, 6.07) is 14.2. The van der Waals surface area contributed by atoms with E-state index in [0.717, 1.165) is 5.56 Å². The smallest absolute Gasteiger partial charge is 0.248 e. The molecule has 5 heteroatoms. The normalized spacial score (nSPS) is 10.8. The first-order chi connectivity index (χ1) is 11.4. The van der Waals surface area contributed by atoms with E-state index in [1.54, 1.807) is 42.5 Å². The number of halogens is 1. The highest BCUT2D eigenvalue weighted by Crippen LogP contribution is 2.16. The Morgan fingerprint density at radius 1 is 1.00 bits per heavy atom. The first-order valence-electron chi connectivity index (χ1n) is 7.59. The van der Waals surface area contributed by atoms with Gasteiger partial charge in [-0.1, -0.05) is 43.6 Å². The van der Waals surface area contributed by atoms with Gasteiger partial charge in [0.15, 0.2) is 0 Å². The Kier molecular flexibility index (Phi) is 6.15. The fourth-order valence-corrected chi connectivity index (χ4v) is 2.02. The van der Waals surface area contributed by atoms with E-state index in [4.69, 9.17) is 11.6 Å². The highest BCUT2D eigenvalue weighted by atomic mass is 35.5. The molecule has 4 nitrogen and oxygen atoms in total. The van der Waals surface area contributed by atoms with E-state index < -0.39 is 0 Å². The van der Waals surface area contributed by atoms with Crippen molar-refractivity contribution >= 4 is 40.9 Å². The maximum atomic E-state index is 12.0. The number of hydrogen-bond donors (Lipinski definition) is 2. The molecule has 2 aromatic rings. The third kappa shape index (κ3) is 5.56. The Balaban J connectivity index is 1.98. The number of hydrogen-bond acceptors (Lipinski definition) is 2. The molecule has 0 heterocycles. The first kappa shape index (κ1) is 17.8. The van der Waals surface area contributed by atoms with Gasteiger partial charge in [0.25, 0.3) is 0 Å². The molecule has 2 amide bonds. The quantitative estimate of drug-likeness (QED) is 0.781. The molecular weight excluding hydrogens is 324 g/mol. The first-order valence-corrected chi connectivity index (χ1v) is 7.97. The van der Waals surface area contributed by atoms with Crippen molar-refractivity contribution < 1.29 is 9.59 Å². The lowest BCUT2D eigenvalue weighted by atomic mass is 10.2. The number of nitrogens with one attached hydrogen (secondary N) is 2. The summed E-state index contributed by atoms with van der Waals surface area (Å²) >= 11 is 5.82. The van der Waals surface area contributed by atoms with Gasteiger partial charge >= 0.3 is 0 Å². The fourth-order valence-electron chi connectivity index (χ4n) is 1.89. The van der Waals surface area contributed by atoms with Crippen LogP contribution in [0.1, 0.15) is 19.4 Å². The summed E-state index contributed by atoms with van der Waals surface area (Å²) < 4.78 is 0. The van der Waals surface area contributed by atoms with Crippen LogP contribution < -0.4 is 10.6 Å². The van der Waals surface area contributed by atoms with Gasteiger partial charge in [0.05, 0.1) is 0 Å². The van der Waals surface area contributed by atoms with E-state index >= 15 is 0 Å². The van der Waals surface area contributed by atoms with Crippen molar-refractivity contribution in [2.24, 2.45) is 5.92 Å². The lowest BCUT2D eigenvalue weighted by Crippen LogP contribution is -2.17. The Labute approximate surface area is 146 Å². The van der Waals surface area contributed by atoms with Crippen molar-refractivity contribution in [2.45, 2.75) is 13.8 Å². The Morgan fingerprint density at radius 2 is 1.62 bits per heavy atom. The monoisotopic (exact) mass is 342 g/mol. The maximum absolute atomic E-state index is 12.0. The van der Waals surface area contributed by atoms with Gasteiger partial charge in [-0.25, -0.2) is 0 Å². The van der Waals surface area contributed by atoms with E-state index in [0.29, 0.717) is 16.4 Å². The van der Waals surface area contributed by atoms with Crippen molar-refractivity contribution in [3.63, 3.8) is 0 Å². The maximum Gasteiger partial charge on any atom is 0.248 e. The van der Waals surface area contributed by atoms with E-state index in [2.05, 4.69) is 10.6 Å². The van der Waals surface area contributed by atoms with E-state index in [9.17, 15) is 9.59 Å². The van der Waals surface area contributed by atoms with Crippen molar-refractivity contribution in [1.29, 1.82) is 0 Å².